The fourth-order valence-corrected chi connectivity index (χ4v) is 2.49. The predicted molar refractivity (Wildman–Crippen MR) is 83.5 cm³/mol. The van der Waals surface area contributed by atoms with Gasteiger partial charge in [0, 0.05) is 25.3 Å². The lowest BCUT2D eigenvalue weighted by atomic mass is 10.1. The number of nitrogens with two attached hydrogens (primary N) is 2. The third-order valence-corrected chi connectivity index (χ3v) is 3.80. The van der Waals surface area contributed by atoms with Gasteiger partial charge in [0.1, 0.15) is 17.3 Å². The van der Waals surface area contributed by atoms with E-state index in [1.807, 2.05) is 0 Å². The van der Waals surface area contributed by atoms with Crippen LogP contribution in [0.3, 0.4) is 0 Å². The molecule has 7 nitrogen and oxygen atoms in total. The molecule has 0 unspecified atom stereocenters. The Morgan fingerprint density at radius 1 is 1.27 bits per heavy atom. The van der Waals surface area contributed by atoms with Gasteiger partial charge in [0.05, 0.1) is 18.0 Å². The van der Waals surface area contributed by atoms with Gasteiger partial charge in [-0.25, -0.2) is 9.97 Å². The first-order valence-electron chi connectivity index (χ1n) is 7.23. The van der Waals surface area contributed by atoms with Gasteiger partial charge < -0.3 is 16.4 Å². The molecule has 114 valence electrons. The number of carbonyl (C=O) groups is 1. The van der Waals surface area contributed by atoms with Crippen LogP contribution in [0.5, 0.6) is 0 Å². The number of anilines is 2. The summed E-state index contributed by atoms with van der Waals surface area (Å²) in [5.41, 5.74) is 12.3. The van der Waals surface area contributed by atoms with E-state index in [0.717, 1.165) is 25.9 Å². The Hall–Kier alpha value is -2.54. The van der Waals surface area contributed by atoms with E-state index >= 15 is 0 Å². The maximum Gasteiger partial charge on any atom is 0.216 e. The van der Waals surface area contributed by atoms with Gasteiger partial charge in [-0.15, -0.1) is 0 Å². The van der Waals surface area contributed by atoms with Gasteiger partial charge in [0.25, 0.3) is 0 Å². The van der Waals surface area contributed by atoms with E-state index in [4.69, 9.17) is 11.5 Å². The molecule has 1 saturated heterocycles. The SMILES string of the molecule is Nc1ncccc1C(=O)c1cncc(N2CCC(N)CC2)n1. The Bertz CT molecular complexity index is 681. The summed E-state index contributed by atoms with van der Waals surface area (Å²) in [7, 11) is 0. The zero-order chi connectivity index (χ0) is 15.5. The van der Waals surface area contributed by atoms with Gasteiger partial charge >= 0.3 is 0 Å². The molecule has 22 heavy (non-hydrogen) atoms. The zero-order valence-corrected chi connectivity index (χ0v) is 12.1. The minimum Gasteiger partial charge on any atom is -0.383 e. The summed E-state index contributed by atoms with van der Waals surface area (Å²) < 4.78 is 0. The first-order valence-corrected chi connectivity index (χ1v) is 7.23. The summed E-state index contributed by atoms with van der Waals surface area (Å²) in [6, 6.07) is 3.55. The molecule has 0 aromatic carbocycles. The molecule has 7 heteroatoms. The van der Waals surface area contributed by atoms with E-state index in [0.29, 0.717) is 11.4 Å². The van der Waals surface area contributed by atoms with Crippen molar-refractivity contribution in [2.24, 2.45) is 5.73 Å². The standard InChI is InChI=1S/C15H18N6O/c16-10-3-6-21(7-4-10)13-9-18-8-12(20-13)14(22)11-2-1-5-19-15(11)17/h1-2,5,8-10H,3-4,6-7,16H2,(H2,17,19). The zero-order valence-electron chi connectivity index (χ0n) is 12.1. The number of hydrogen-bond donors (Lipinski definition) is 2. The summed E-state index contributed by atoms with van der Waals surface area (Å²) in [4.78, 5) is 27.1. The number of nitrogens with zero attached hydrogens (tertiary/aromatic N) is 4. The van der Waals surface area contributed by atoms with Crippen LogP contribution in [-0.2, 0) is 0 Å². The number of rotatable bonds is 3. The lowest BCUT2D eigenvalue weighted by Crippen LogP contribution is -2.40. The third kappa shape index (κ3) is 2.89. The molecule has 3 heterocycles. The van der Waals surface area contributed by atoms with Crippen LogP contribution >= 0.6 is 0 Å². The summed E-state index contributed by atoms with van der Waals surface area (Å²) in [5, 5.41) is 0. The lowest BCUT2D eigenvalue weighted by molar-refractivity contribution is 0.103. The van der Waals surface area contributed by atoms with Crippen LogP contribution < -0.4 is 16.4 Å². The van der Waals surface area contributed by atoms with Crippen LogP contribution in [-0.4, -0.2) is 39.9 Å². The summed E-state index contributed by atoms with van der Waals surface area (Å²) in [6.07, 6.45) is 6.49. The fraction of sp³-hybridized carbons (Fsp3) is 0.333. The molecule has 2 aromatic heterocycles. The molecule has 0 atom stereocenters. The highest BCUT2D eigenvalue weighted by Gasteiger charge is 2.20. The Morgan fingerprint density at radius 3 is 2.77 bits per heavy atom. The van der Waals surface area contributed by atoms with Crippen molar-refractivity contribution in [3.05, 3.63) is 42.0 Å². The predicted octanol–water partition coefficient (Wildman–Crippen LogP) is 0.612. The van der Waals surface area contributed by atoms with Gasteiger partial charge in [-0.05, 0) is 25.0 Å². The van der Waals surface area contributed by atoms with Gasteiger partial charge in [-0.2, -0.15) is 0 Å². The largest absolute Gasteiger partial charge is 0.383 e. The number of nitrogen functional groups attached to an aromatic ring is 1. The van der Waals surface area contributed by atoms with Crippen molar-refractivity contribution in [3.8, 4) is 0 Å². The van der Waals surface area contributed by atoms with Crippen LogP contribution in [0.4, 0.5) is 11.6 Å². The normalized spacial score (nSPS) is 15.8. The van der Waals surface area contributed by atoms with Crippen LogP contribution in [0, 0.1) is 0 Å². The summed E-state index contributed by atoms with van der Waals surface area (Å²) in [5.74, 6) is 0.623. The Balaban J connectivity index is 1.85. The minimum atomic E-state index is -0.270. The molecule has 0 bridgehead atoms. The number of ketones is 1. The maximum atomic E-state index is 12.5. The van der Waals surface area contributed by atoms with E-state index in [-0.39, 0.29) is 23.3 Å². The molecule has 1 fully saturated rings. The smallest absolute Gasteiger partial charge is 0.216 e. The molecular weight excluding hydrogens is 280 g/mol. The van der Waals surface area contributed by atoms with Crippen LogP contribution in [0.1, 0.15) is 28.9 Å². The first kappa shape index (κ1) is 14.4. The number of aromatic nitrogens is 3. The molecule has 1 aliphatic heterocycles. The Kier molecular flexibility index (Phi) is 3.97. The van der Waals surface area contributed by atoms with Gasteiger partial charge in [0.2, 0.25) is 5.78 Å². The first-order chi connectivity index (χ1) is 10.6. The van der Waals surface area contributed by atoms with Crippen molar-refractivity contribution >= 4 is 17.4 Å². The number of piperidine rings is 1. The summed E-state index contributed by atoms with van der Waals surface area (Å²) >= 11 is 0. The second-order valence-electron chi connectivity index (χ2n) is 5.35. The van der Waals surface area contributed by atoms with Crippen molar-refractivity contribution < 1.29 is 4.79 Å². The molecular formula is C15H18N6O. The lowest BCUT2D eigenvalue weighted by Gasteiger charge is -2.30. The van der Waals surface area contributed by atoms with Gasteiger partial charge in [-0.3, -0.25) is 9.78 Å². The second-order valence-corrected chi connectivity index (χ2v) is 5.35. The Labute approximate surface area is 128 Å². The van der Waals surface area contributed by atoms with Crippen molar-refractivity contribution in [1.29, 1.82) is 0 Å². The average Bonchev–Trinajstić information content (AvgIpc) is 2.55. The molecule has 0 spiro atoms. The monoisotopic (exact) mass is 298 g/mol. The molecule has 0 radical (unpaired) electrons. The van der Waals surface area contributed by atoms with Crippen LogP contribution in [0.15, 0.2) is 30.7 Å². The minimum absolute atomic E-state index is 0.198. The Morgan fingerprint density at radius 2 is 2.05 bits per heavy atom. The molecule has 4 N–H and O–H groups in total. The third-order valence-electron chi connectivity index (χ3n) is 3.80. The quantitative estimate of drug-likeness (QED) is 0.799. The second kappa shape index (κ2) is 6.07. The van der Waals surface area contributed by atoms with Gasteiger partial charge in [-0.1, -0.05) is 0 Å². The van der Waals surface area contributed by atoms with E-state index < -0.39 is 0 Å². The van der Waals surface area contributed by atoms with Crippen LogP contribution in [0.2, 0.25) is 0 Å². The summed E-state index contributed by atoms with van der Waals surface area (Å²) in [6.45, 7) is 1.64. The molecule has 1 aliphatic rings. The van der Waals surface area contributed by atoms with Crippen LogP contribution in [0.25, 0.3) is 0 Å². The fourth-order valence-electron chi connectivity index (χ4n) is 2.49. The molecule has 2 aromatic rings. The van der Waals surface area contributed by atoms with Crippen molar-refractivity contribution in [1.82, 2.24) is 15.0 Å². The van der Waals surface area contributed by atoms with Crippen molar-refractivity contribution in [3.63, 3.8) is 0 Å². The molecule has 3 rings (SSSR count). The topological polar surface area (TPSA) is 111 Å². The van der Waals surface area contributed by atoms with Crippen molar-refractivity contribution in [2.75, 3.05) is 23.7 Å². The average molecular weight is 298 g/mol. The van der Waals surface area contributed by atoms with Gasteiger partial charge in [0.15, 0.2) is 0 Å². The maximum absolute atomic E-state index is 12.5. The van der Waals surface area contributed by atoms with E-state index in [1.165, 1.54) is 6.20 Å². The van der Waals surface area contributed by atoms with E-state index in [9.17, 15) is 4.79 Å². The molecule has 0 saturated carbocycles. The van der Waals surface area contributed by atoms with Crippen molar-refractivity contribution in [2.45, 2.75) is 18.9 Å². The number of pyridine rings is 1. The van der Waals surface area contributed by atoms with E-state index in [2.05, 4.69) is 19.9 Å². The molecule has 0 aliphatic carbocycles. The highest BCUT2D eigenvalue weighted by atomic mass is 16.1. The number of hydrogen-bond acceptors (Lipinski definition) is 7. The van der Waals surface area contributed by atoms with E-state index in [1.54, 1.807) is 24.5 Å². The number of carbonyl (C=O) groups excluding carboxylic acids is 1. The highest BCUT2D eigenvalue weighted by Crippen LogP contribution is 2.18. The molecule has 0 amide bonds. The highest BCUT2D eigenvalue weighted by molar-refractivity contribution is 6.10.